The standard InChI is InChI=1S/C18H16ClN3O3S/c1-13-15(19)6-2-8-17(13)26(23,24)22-18-16(7-4-10-21-18)25-12-14-5-3-9-20-11-14/h2-11H,12H2,1H3,(H,21,22). The first-order valence-electron chi connectivity index (χ1n) is 7.72. The van der Waals surface area contributed by atoms with Gasteiger partial charge in [-0.3, -0.25) is 9.71 Å². The number of rotatable bonds is 6. The van der Waals surface area contributed by atoms with Crippen LogP contribution in [0.25, 0.3) is 0 Å². The second kappa shape index (κ2) is 7.72. The van der Waals surface area contributed by atoms with Gasteiger partial charge in [0.05, 0.1) is 4.90 Å². The largest absolute Gasteiger partial charge is 0.485 e. The molecule has 0 atom stereocenters. The number of ether oxygens (including phenoxy) is 1. The van der Waals surface area contributed by atoms with E-state index in [1.807, 2.05) is 6.07 Å². The second-order valence-electron chi connectivity index (χ2n) is 5.47. The van der Waals surface area contributed by atoms with Crippen molar-refractivity contribution in [3.8, 4) is 5.75 Å². The minimum Gasteiger partial charge on any atom is -0.485 e. The van der Waals surface area contributed by atoms with Crippen LogP contribution in [0.2, 0.25) is 5.02 Å². The molecule has 1 aromatic carbocycles. The quantitative estimate of drug-likeness (QED) is 0.693. The summed E-state index contributed by atoms with van der Waals surface area (Å²) in [5, 5.41) is 0.377. The summed E-state index contributed by atoms with van der Waals surface area (Å²) in [6.45, 7) is 1.89. The van der Waals surface area contributed by atoms with Gasteiger partial charge < -0.3 is 4.74 Å². The Labute approximate surface area is 156 Å². The molecule has 0 aliphatic heterocycles. The lowest BCUT2D eigenvalue weighted by atomic mass is 10.2. The Bertz CT molecular complexity index is 1010. The van der Waals surface area contributed by atoms with Crippen LogP contribution in [0.4, 0.5) is 5.82 Å². The number of sulfonamides is 1. The second-order valence-corrected chi connectivity index (χ2v) is 7.53. The third kappa shape index (κ3) is 4.12. The van der Waals surface area contributed by atoms with Gasteiger partial charge in [-0.05, 0) is 42.8 Å². The minimum absolute atomic E-state index is 0.0915. The molecule has 0 radical (unpaired) electrons. The van der Waals surface area contributed by atoms with Crippen molar-refractivity contribution in [2.45, 2.75) is 18.4 Å². The molecular formula is C18H16ClN3O3S. The SMILES string of the molecule is Cc1c(Cl)cccc1S(=O)(=O)Nc1ncccc1OCc1cccnc1. The Balaban J connectivity index is 1.85. The van der Waals surface area contributed by atoms with Crippen LogP contribution in [0.3, 0.4) is 0 Å². The van der Waals surface area contributed by atoms with Crippen molar-refractivity contribution >= 4 is 27.4 Å². The van der Waals surface area contributed by atoms with Gasteiger partial charge in [0.25, 0.3) is 10.0 Å². The number of nitrogens with zero attached hydrogens (tertiary/aromatic N) is 2. The number of pyridine rings is 2. The van der Waals surface area contributed by atoms with Gasteiger partial charge >= 0.3 is 0 Å². The lowest BCUT2D eigenvalue weighted by Crippen LogP contribution is -2.16. The number of benzene rings is 1. The highest BCUT2D eigenvalue weighted by molar-refractivity contribution is 7.92. The van der Waals surface area contributed by atoms with Crippen molar-refractivity contribution in [2.24, 2.45) is 0 Å². The average Bonchev–Trinajstić information content (AvgIpc) is 2.64. The summed E-state index contributed by atoms with van der Waals surface area (Å²) < 4.78 is 33.6. The summed E-state index contributed by atoms with van der Waals surface area (Å²) in [5.74, 6) is 0.426. The van der Waals surface area contributed by atoms with E-state index in [-0.39, 0.29) is 17.3 Å². The average molecular weight is 390 g/mol. The van der Waals surface area contributed by atoms with Crippen LogP contribution in [0, 0.1) is 6.92 Å². The zero-order valence-electron chi connectivity index (χ0n) is 13.9. The molecule has 0 aliphatic carbocycles. The number of nitrogens with one attached hydrogen (secondary N) is 1. The predicted octanol–water partition coefficient (Wildman–Crippen LogP) is 3.82. The van der Waals surface area contributed by atoms with Gasteiger partial charge in [-0.15, -0.1) is 0 Å². The van der Waals surface area contributed by atoms with Gasteiger partial charge in [-0.25, -0.2) is 13.4 Å². The molecule has 0 saturated heterocycles. The summed E-state index contributed by atoms with van der Waals surface area (Å²) >= 11 is 6.03. The molecule has 0 unspecified atom stereocenters. The first-order valence-corrected chi connectivity index (χ1v) is 9.58. The van der Waals surface area contributed by atoms with E-state index in [4.69, 9.17) is 16.3 Å². The highest BCUT2D eigenvalue weighted by atomic mass is 35.5. The normalized spacial score (nSPS) is 11.2. The number of halogens is 1. The minimum atomic E-state index is -3.86. The Morgan fingerprint density at radius 1 is 1.12 bits per heavy atom. The van der Waals surface area contributed by atoms with Crippen LogP contribution in [0.5, 0.6) is 5.75 Å². The third-order valence-corrected chi connectivity index (χ3v) is 5.52. The fraction of sp³-hybridized carbons (Fsp3) is 0.111. The van der Waals surface area contributed by atoms with Gasteiger partial charge in [0, 0.05) is 29.2 Å². The molecule has 0 spiro atoms. The molecule has 3 aromatic rings. The van der Waals surface area contributed by atoms with E-state index in [0.29, 0.717) is 16.3 Å². The predicted molar refractivity (Wildman–Crippen MR) is 99.8 cm³/mol. The molecule has 2 heterocycles. The zero-order chi connectivity index (χ0) is 18.6. The third-order valence-electron chi connectivity index (χ3n) is 3.63. The topological polar surface area (TPSA) is 81.2 Å². The fourth-order valence-corrected chi connectivity index (χ4v) is 3.81. The highest BCUT2D eigenvalue weighted by Crippen LogP contribution is 2.28. The molecule has 2 aromatic heterocycles. The van der Waals surface area contributed by atoms with Gasteiger partial charge in [-0.1, -0.05) is 23.7 Å². The van der Waals surface area contributed by atoms with Crippen molar-refractivity contribution in [3.05, 3.63) is 77.2 Å². The molecule has 134 valence electrons. The zero-order valence-corrected chi connectivity index (χ0v) is 15.5. The van der Waals surface area contributed by atoms with Crippen LogP contribution in [-0.2, 0) is 16.6 Å². The Morgan fingerprint density at radius 3 is 2.69 bits per heavy atom. The molecule has 3 rings (SSSR count). The lowest BCUT2D eigenvalue weighted by Gasteiger charge is -2.14. The van der Waals surface area contributed by atoms with Crippen LogP contribution in [-0.4, -0.2) is 18.4 Å². The van der Waals surface area contributed by atoms with E-state index in [2.05, 4.69) is 14.7 Å². The van der Waals surface area contributed by atoms with E-state index < -0.39 is 10.0 Å². The molecule has 6 nitrogen and oxygen atoms in total. The maximum atomic E-state index is 12.7. The smallest absolute Gasteiger partial charge is 0.263 e. The molecule has 0 amide bonds. The van der Waals surface area contributed by atoms with E-state index in [0.717, 1.165) is 5.56 Å². The Kier molecular flexibility index (Phi) is 5.39. The van der Waals surface area contributed by atoms with Crippen LogP contribution >= 0.6 is 11.6 Å². The molecule has 0 aliphatic rings. The summed E-state index contributed by atoms with van der Waals surface area (Å²) in [5.41, 5.74) is 1.33. The van der Waals surface area contributed by atoms with E-state index in [1.165, 1.54) is 12.3 Å². The Morgan fingerprint density at radius 2 is 1.92 bits per heavy atom. The molecule has 26 heavy (non-hydrogen) atoms. The van der Waals surface area contributed by atoms with Crippen LogP contribution < -0.4 is 9.46 Å². The lowest BCUT2D eigenvalue weighted by molar-refractivity contribution is 0.306. The molecule has 0 saturated carbocycles. The van der Waals surface area contributed by atoms with Gasteiger partial charge in [0.15, 0.2) is 11.6 Å². The van der Waals surface area contributed by atoms with Gasteiger partial charge in [-0.2, -0.15) is 0 Å². The highest BCUT2D eigenvalue weighted by Gasteiger charge is 2.20. The van der Waals surface area contributed by atoms with E-state index in [1.54, 1.807) is 49.6 Å². The van der Waals surface area contributed by atoms with Crippen molar-refractivity contribution in [1.82, 2.24) is 9.97 Å². The van der Waals surface area contributed by atoms with Gasteiger partial charge in [0.1, 0.15) is 6.61 Å². The maximum absolute atomic E-state index is 12.7. The first kappa shape index (κ1) is 18.2. The number of hydrogen-bond donors (Lipinski definition) is 1. The van der Waals surface area contributed by atoms with Gasteiger partial charge in [0.2, 0.25) is 0 Å². The van der Waals surface area contributed by atoms with Crippen LogP contribution in [0.1, 0.15) is 11.1 Å². The summed E-state index contributed by atoms with van der Waals surface area (Å²) in [4.78, 5) is 8.20. The summed E-state index contributed by atoms with van der Waals surface area (Å²) in [6, 6.07) is 11.7. The first-order chi connectivity index (χ1) is 12.5. The number of anilines is 1. The van der Waals surface area contributed by atoms with Crippen LogP contribution in [0.15, 0.2) is 66.0 Å². The van der Waals surface area contributed by atoms with Crippen molar-refractivity contribution in [3.63, 3.8) is 0 Å². The summed E-state index contributed by atoms with van der Waals surface area (Å²) in [7, 11) is -3.86. The molecule has 1 N–H and O–H groups in total. The number of aromatic nitrogens is 2. The van der Waals surface area contributed by atoms with Crippen molar-refractivity contribution in [2.75, 3.05) is 4.72 Å². The van der Waals surface area contributed by atoms with Crippen molar-refractivity contribution in [1.29, 1.82) is 0 Å². The molecule has 8 heteroatoms. The molecule has 0 fully saturated rings. The Hall–Kier alpha value is -2.64. The summed E-state index contributed by atoms with van der Waals surface area (Å²) in [6.07, 6.45) is 4.83. The molecular weight excluding hydrogens is 374 g/mol. The molecule has 0 bridgehead atoms. The van der Waals surface area contributed by atoms with Crippen molar-refractivity contribution < 1.29 is 13.2 Å². The van der Waals surface area contributed by atoms with E-state index in [9.17, 15) is 8.42 Å². The fourth-order valence-electron chi connectivity index (χ4n) is 2.29. The van der Waals surface area contributed by atoms with E-state index >= 15 is 0 Å². The maximum Gasteiger partial charge on any atom is 0.263 e. The number of hydrogen-bond acceptors (Lipinski definition) is 5. The monoisotopic (exact) mass is 389 g/mol.